The second kappa shape index (κ2) is 5.62. The van der Waals surface area contributed by atoms with Crippen LogP contribution < -0.4 is 5.32 Å². The summed E-state index contributed by atoms with van der Waals surface area (Å²) in [4.78, 5) is 22.8. The Morgan fingerprint density at radius 2 is 1.80 bits per heavy atom. The smallest absolute Gasteiger partial charge is 0.325 e. The van der Waals surface area contributed by atoms with Crippen molar-refractivity contribution >= 4 is 21.7 Å². The van der Waals surface area contributed by atoms with Crippen molar-refractivity contribution in [1.29, 1.82) is 0 Å². The minimum absolute atomic E-state index is 0.0359. The van der Waals surface area contributed by atoms with Crippen LogP contribution >= 0.6 is 0 Å². The first-order valence-corrected chi connectivity index (χ1v) is 7.78. The molecule has 0 fully saturated rings. The maximum absolute atomic E-state index is 12.0. The normalized spacial score (nSPS) is 12.8. The molecule has 0 bridgehead atoms. The molecule has 0 aliphatic carbocycles. The zero-order chi connectivity index (χ0) is 15.7. The summed E-state index contributed by atoms with van der Waals surface area (Å²) in [5.41, 5.74) is 1.44. The summed E-state index contributed by atoms with van der Waals surface area (Å²) in [7, 11) is -3.44. The number of carbonyl (C=O) groups is 2. The third-order valence-corrected chi connectivity index (χ3v) is 4.12. The van der Waals surface area contributed by atoms with E-state index < -0.39 is 27.8 Å². The van der Waals surface area contributed by atoms with Crippen LogP contribution in [-0.4, -0.2) is 37.7 Å². The summed E-state index contributed by atoms with van der Waals surface area (Å²) in [5.74, 6) is -1.77. The molecule has 0 aliphatic rings. The molecule has 0 aliphatic heterocycles. The fourth-order valence-electron chi connectivity index (χ4n) is 1.61. The summed E-state index contributed by atoms with van der Waals surface area (Å²) in [6.07, 6.45) is 1.05. The summed E-state index contributed by atoms with van der Waals surface area (Å²) in [6.45, 7) is 4.71. The topological polar surface area (TPSA) is 101 Å². The van der Waals surface area contributed by atoms with E-state index in [-0.39, 0.29) is 10.5 Å². The van der Waals surface area contributed by atoms with Gasteiger partial charge in [-0.05, 0) is 44.0 Å². The van der Waals surface area contributed by atoms with E-state index in [1.54, 1.807) is 13.8 Å². The minimum Gasteiger partial charge on any atom is -0.480 e. The Bertz CT molecular complexity index is 664. The molecule has 20 heavy (non-hydrogen) atoms. The van der Waals surface area contributed by atoms with Crippen molar-refractivity contribution in [3.63, 3.8) is 0 Å². The van der Waals surface area contributed by atoms with E-state index in [2.05, 4.69) is 5.32 Å². The number of sulfone groups is 1. The Kier molecular flexibility index (Phi) is 4.54. The van der Waals surface area contributed by atoms with Crippen molar-refractivity contribution in [3.05, 3.63) is 28.8 Å². The zero-order valence-electron chi connectivity index (χ0n) is 11.7. The lowest BCUT2D eigenvalue weighted by Crippen LogP contribution is -2.38. The number of carboxylic acids is 1. The molecule has 1 aromatic carbocycles. The van der Waals surface area contributed by atoms with Crippen molar-refractivity contribution < 1.29 is 23.1 Å². The Balaban J connectivity index is 3.27. The van der Waals surface area contributed by atoms with Crippen molar-refractivity contribution in [2.45, 2.75) is 31.7 Å². The molecule has 1 atom stereocenters. The van der Waals surface area contributed by atoms with Crippen molar-refractivity contribution in [1.82, 2.24) is 5.32 Å². The number of carbonyl (C=O) groups excluding carboxylic acids is 1. The summed E-state index contributed by atoms with van der Waals surface area (Å²) < 4.78 is 23.2. The maximum Gasteiger partial charge on any atom is 0.325 e. The molecule has 1 aromatic rings. The molecule has 0 spiro atoms. The Labute approximate surface area is 117 Å². The van der Waals surface area contributed by atoms with Gasteiger partial charge in [0.15, 0.2) is 9.84 Å². The van der Waals surface area contributed by atoms with Crippen LogP contribution in [0.5, 0.6) is 0 Å². The lowest BCUT2D eigenvalue weighted by molar-refractivity contribution is -0.138. The van der Waals surface area contributed by atoms with Crippen LogP contribution in [0, 0.1) is 13.8 Å². The number of hydrogen-bond acceptors (Lipinski definition) is 4. The van der Waals surface area contributed by atoms with Crippen LogP contribution in [0.3, 0.4) is 0 Å². The van der Waals surface area contributed by atoms with Gasteiger partial charge in [0.2, 0.25) is 0 Å². The lowest BCUT2D eigenvalue weighted by atomic mass is 10.0. The average Bonchev–Trinajstić information content (AvgIpc) is 2.30. The van der Waals surface area contributed by atoms with Crippen LogP contribution in [-0.2, 0) is 14.6 Å². The van der Waals surface area contributed by atoms with Gasteiger partial charge in [0.05, 0.1) is 4.90 Å². The highest BCUT2D eigenvalue weighted by Gasteiger charge is 2.20. The van der Waals surface area contributed by atoms with Gasteiger partial charge in [-0.2, -0.15) is 0 Å². The van der Waals surface area contributed by atoms with E-state index in [0.717, 1.165) is 6.26 Å². The zero-order valence-corrected chi connectivity index (χ0v) is 12.5. The number of rotatable bonds is 4. The molecule has 0 aromatic heterocycles. The predicted molar refractivity (Wildman–Crippen MR) is 73.6 cm³/mol. The predicted octanol–water partition coefficient (Wildman–Crippen LogP) is 0.910. The fourth-order valence-corrected chi connectivity index (χ4v) is 2.34. The summed E-state index contributed by atoms with van der Waals surface area (Å²) in [5, 5.41) is 11.1. The lowest BCUT2D eigenvalue weighted by Gasteiger charge is -2.13. The first-order valence-electron chi connectivity index (χ1n) is 5.89. The second-order valence-corrected chi connectivity index (χ2v) is 6.73. The Morgan fingerprint density at radius 3 is 2.25 bits per heavy atom. The number of nitrogens with one attached hydrogen (secondary N) is 1. The number of aryl methyl sites for hydroxylation is 1. The third-order valence-electron chi connectivity index (χ3n) is 3.03. The molecule has 0 unspecified atom stereocenters. The summed E-state index contributed by atoms with van der Waals surface area (Å²) >= 11 is 0. The molecule has 0 saturated carbocycles. The molecular weight excluding hydrogens is 282 g/mol. The van der Waals surface area contributed by atoms with Gasteiger partial charge in [-0.3, -0.25) is 9.59 Å². The highest BCUT2D eigenvalue weighted by molar-refractivity contribution is 7.90. The van der Waals surface area contributed by atoms with Crippen LogP contribution in [0.25, 0.3) is 0 Å². The molecule has 0 heterocycles. The maximum atomic E-state index is 12.0. The molecular formula is C13H17NO5S. The van der Waals surface area contributed by atoms with Crippen molar-refractivity contribution in [2.75, 3.05) is 6.26 Å². The third kappa shape index (κ3) is 3.57. The van der Waals surface area contributed by atoms with E-state index in [1.165, 1.54) is 19.1 Å². The van der Waals surface area contributed by atoms with Crippen molar-refractivity contribution in [3.8, 4) is 0 Å². The molecule has 1 amide bonds. The molecule has 6 nitrogen and oxygen atoms in total. The Morgan fingerprint density at radius 1 is 1.25 bits per heavy atom. The van der Waals surface area contributed by atoms with Gasteiger partial charge in [-0.15, -0.1) is 0 Å². The van der Waals surface area contributed by atoms with Gasteiger partial charge in [-0.25, -0.2) is 8.42 Å². The highest BCUT2D eigenvalue weighted by atomic mass is 32.2. The van der Waals surface area contributed by atoms with E-state index in [0.29, 0.717) is 11.1 Å². The van der Waals surface area contributed by atoms with E-state index in [4.69, 9.17) is 5.11 Å². The van der Waals surface area contributed by atoms with Gasteiger partial charge in [-0.1, -0.05) is 0 Å². The highest BCUT2D eigenvalue weighted by Crippen LogP contribution is 2.20. The second-order valence-electron chi connectivity index (χ2n) is 4.72. The fraction of sp³-hybridized carbons (Fsp3) is 0.385. The minimum atomic E-state index is -3.44. The molecule has 110 valence electrons. The number of carboxylic acid groups (broad SMARTS) is 1. The number of hydrogen-bond donors (Lipinski definition) is 2. The number of amides is 1. The van der Waals surface area contributed by atoms with E-state index >= 15 is 0 Å². The van der Waals surface area contributed by atoms with Gasteiger partial charge in [0, 0.05) is 11.8 Å². The SMILES string of the molecule is Cc1cc(S(C)(=O)=O)cc(C(=O)N[C@H](C)C(=O)O)c1C. The van der Waals surface area contributed by atoms with E-state index in [1.807, 2.05) is 0 Å². The summed E-state index contributed by atoms with van der Waals surface area (Å²) in [6, 6.07) is 1.70. The first kappa shape index (κ1) is 16.2. The van der Waals surface area contributed by atoms with Gasteiger partial charge in [0.25, 0.3) is 5.91 Å². The molecule has 0 radical (unpaired) electrons. The number of aliphatic carboxylic acids is 1. The molecule has 0 saturated heterocycles. The molecule has 1 rings (SSSR count). The Hall–Kier alpha value is -1.89. The monoisotopic (exact) mass is 299 g/mol. The van der Waals surface area contributed by atoms with Crippen LogP contribution in [0.4, 0.5) is 0 Å². The van der Waals surface area contributed by atoms with Crippen molar-refractivity contribution in [2.24, 2.45) is 0 Å². The van der Waals surface area contributed by atoms with Crippen LogP contribution in [0.1, 0.15) is 28.4 Å². The number of benzene rings is 1. The van der Waals surface area contributed by atoms with E-state index in [9.17, 15) is 18.0 Å². The quantitative estimate of drug-likeness (QED) is 0.860. The van der Waals surface area contributed by atoms with Gasteiger partial charge in [0.1, 0.15) is 6.04 Å². The van der Waals surface area contributed by atoms with Crippen LogP contribution in [0.15, 0.2) is 17.0 Å². The first-order chi connectivity index (χ1) is 9.04. The largest absolute Gasteiger partial charge is 0.480 e. The van der Waals surface area contributed by atoms with Gasteiger partial charge < -0.3 is 10.4 Å². The van der Waals surface area contributed by atoms with Gasteiger partial charge >= 0.3 is 5.97 Å². The van der Waals surface area contributed by atoms with Crippen LogP contribution in [0.2, 0.25) is 0 Å². The average molecular weight is 299 g/mol. The molecule has 7 heteroatoms. The molecule has 2 N–H and O–H groups in total. The standard InChI is InChI=1S/C13H17NO5S/c1-7-5-10(20(4,18)19)6-11(8(7)2)12(15)14-9(3)13(16)17/h5-6,9H,1-4H3,(H,14,15)(H,16,17)/t9-/m1/s1.